The highest BCUT2D eigenvalue weighted by molar-refractivity contribution is 7.16. The van der Waals surface area contributed by atoms with Crippen molar-refractivity contribution < 1.29 is 19.1 Å². The summed E-state index contributed by atoms with van der Waals surface area (Å²) in [6.45, 7) is 15.3. The molecule has 0 saturated carbocycles. The Morgan fingerprint density at radius 1 is 1.05 bits per heavy atom. The normalized spacial score (nSPS) is 16.9. The fourth-order valence-electron chi connectivity index (χ4n) is 5.10. The van der Waals surface area contributed by atoms with Crippen LogP contribution in [0.2, 0.25) is 0 Å². The molecule has 2 aliphatic heterocycles. The van der Waals surface area contributed by atoms with E-state index in [2.05, 4.69) is 51.6 Å². The van der Waals surface area contributed by atoms with E-state index in [4.69, 9.17) is 4.74 Å². The topological polar surface area (TPSA) is 129 Å². The third-order valence-corrected chi connectivity index (χ3v) is 9.24. The van der Waals surface area contributed by atoms with Gasteiger partial charge in [-0.1, -0.05) is 20.8 Å². The van der Waals surface area contributed by atoms with Crippen molar-refractivity contribution in [1.29, 1.82) is 0 Å². The Kier molecular flexibility index (Phi) is 8.44. The first-order valence-corrected chi connectivity index (χ1v) is 15.2. The Morgan fingerprint density at radius 3 is 2.47 bits per heavy atom. The minimum absolute atomic E-state index is 0.209. The SMILES string of the molecule is Cc1ncc(NC(=O)Nc2sc(C(C)(C)C)cc2C(=O)N2CCNC(=O)C2(C)C)cc1-c1ccc(N2CCOCC2)nc1. The van der Waals surface area contributed by atoms with Crippen LogP contribution in [0.15, 0.2) is 36.7 Å². The number of anilines is 3. The summed E-state index contributed by atoms with van der Waals surface area (Å²) in [5, 5.41) is 9.01. The molecule has 0 unspecified atom stereocenters. The van der Waals surface area contributed by atoms with Gasteiger partial charge in [0.1, 0.15) is 16.4 Å². The number of carbonyl (C=O) groups excluding carboxylic acids is 3. The quantitative estimate of drug-likeness (QED) is 0.386. The zero-order valence-electron chi connectivity index (χ0n) is 25.5. The molecule has 2 saturated heterocycles. The summed E-state index contributed by atoms with van der Waals surface area (Å²) in [4.78, 5) is 53.4. The van der Waals surface area contributed by atoms with E-state index < -0.39 is 11.6 Å². The molecule has 0 aliphatic carbocycles. The number of rotatable bonds is 5. The second-order valence-corrected chi connectivity index (χ2v) is 13.4. The van der Waals surface area contributed by atoms with Crippen molar-refractivity contribution >= 4 is 45.7 Å². The molecule has 11 nitrogen and oxygen atoms in total. The van der Waals surface area contributed by atoms with Gasteiger partial charge in [0.05, 0.1) is 30.7 Å². The van der Waals surface area contributed by atoms with Crippen LogP contribution in [0.4, 0.5) is 21.3 Å². The van der Waals surface area contributed by atoms with Gasteiger partial charge in [0.25, 0.3) is 5.91 Å². The Labute approximate surface area is 256 Å². The van der Waals surface area contributed by atoms with Crippen LogP contribution in [0.3, 0.4) is 0 Å². The first kappa shape index (κ1) is 30.4. The lowest BCUT2D eigenvalue weighted by Crippen LogP contribution is -2.63. The molecule has 12 heteroatoms. The zero-order valence-corrected chi connectivity index (χ0v) is 26.4. The lowest BCUT2D eigenvalue weighted by Gasteiger charge is -2.41. The van der Waals surface area contributed by atoms with Gasteiger partial charge in [-0.25, -0.2) is 9.78 Å². The summed E-state index contributed by atoms with van der Waals surface area (Å²) in [7, 11) is 0. The van der Waals surface area contributed by atoms with Crippen LogP contribution in [0.1, 0.15) is 55.5 Å². The monoisotopic (exact) mass is 605 g/mol. The zero-order chi connectivity index (χ0) is 30.9. The van der Waals surface area contributed by atoms with Crippen molar-refractivity contribution in [2.75, 3.05) is 54.9 Å². The number of piperazine rings is 1. The van der Waals surface area contributed by atoms with Crippen molar-refractivity contribution in [3.05, 3.63) is 52.8 Å². The number of nitrogens with zero attached hydrogens (tertiary/aromatic N) is 4. The Bertz CT molecular complexity index is 1520. The summed E-state index contributed by atoms with van der Waals surface area (Å²) in [5.74, 6) is 0.393. The van der Waals surface area contributed by atoms with Crippen LogP contribution >= 0.6 is 11.3 Å². The third-order valence-electron chi connectivity index (χ3n) is 7.76. The number of morpholine rings is 1. The second-order valence-electron chi connectivity index (χ2n) is 12.3. The minimum Gasteiger partial charge on any atom is -0.378 e. The van der Waals surface area contributed by atoms with Crippen LogP contribution < -0.4 is 20.9 Å². The number of hydrogen-bond donors (Lipinski definition) is 3. The predicted octanol–water partition coefficient (Wildman–Crippen LogP) is 4.64. The number of amides is 4. The van der Waals surface area contributed by atoms with Gasteiger partial charge < -0.3 is 25.2 Å². The van der Waals surface area contributed by atoms with E-state index in [1.165, 1.54) is 11.3 Å². The molecule has 3 N–H and O–H groups in total. The van der Waals surface area contributed by atoms with Crippen molar-refractivity contribution in [2.45, 2.75) is 52.5 Å². The maximum Gasteiger partial charge on any atom is 0.324 e. The average Bonchev–Trinajstić information content (AvgIpc) is 3.40. The molecule has 5 heterocycles. The molecule has 3 aromatic heterocycles. The maximum atomic E-state index is 13.8. The fraction of sp³-hybridized carbons (Fsp3) is 0.452. The molecule has 43 heavy (non-hydrogen) atoms. The van der Waals surface area contributed by atoms with Crippen molar-refractivity contribution in [2.24, 2.45) is 0 Å². The Balaban J connectivity index is 1.35. The van der Waals surface area contributed by atoms with E-state index in [0.29, 0.717) is 42.6 Å². The van der Waals surface area contributed by atoms with E-state index in [0.717, 1.165) is 40.6 Å². The van der Waals surface area contributed by atoms with Crippen molar-refractivity contribution in [3.8, 4) is 11.1 Å². The summed E-state index contributed by atoms with van der Waals surface area (Å²) < 4.78 is 5.44. The highest BCUT2D eigenvalue weighted by Crippen LogP contribution is 2.38. The first-order valence-electron chi connectivity index (χ1n) is 14.4. The molecule has 0 atom stereocenters. The van der Waals surface area contributed by atoms with Gasteiger partial charge in [0.15, 0.2) is 0 Å². The first-order chi connectivity index (χ1) is 20.3. The van der Waals surface area contributed by atoms with Gasteiger partial charge in [0, 0.05) is 54.1 Å². The van der Waals surface area contributed by atoms with Gasteiger partial charge in [-0.05, 0) is 50.5 Å². The highest BCUT2D eigenvalue weighted by atomic mass is 32.1. The molecule has 2 fully saturated rings. The molecule has 0 aromatic carbocycles. The predicted molar refractivity (Wildman–Crippen MR) is 169 cm³/mol. The van der Waals surface area contributed by atoms with Crippen LogP contribution in [-0.2, 0) is 14.9 Å². The number of aromatic nitrogens is 2. The number of urea groups is 1. The lowest BCUT2D eigenvalue weighted by atomic mass is 9.93. The van der Waals surface area contributed by atoms with E-state index in [9.17, 15) is 14.4 Å². The molecule has 4 amide bonds. The smallest absolute Gasteiger partial charge is 0.324 e. The van der Waals surface area contributed by atoms with Crippen LogP contribution in [0.5, 0.6) is 0 Å². The van der Waals surface area contributed by atoms with Gasteiger partial charge in [-0.2, -0.15) is 0 Å². The van der Waals surface area contributed by atoms with E-state index >= 15 is 0 Å². The van der Waals surface area contributed by atoms with E-state index in [1.54, 1.807) is 24.9 Å². The number of hydrogen-bond acceptors (Lipinski definition) is 8. The van der Waals surface area contributed by atoms with Crippen molar-refractivity contribution in [1.82, 2.24) is 20.2 Å². The van der Waals surface area contributed by atoms with Crippen LogP contribution in [0, 0.1) is 6.92 Å². The molecule has 0 bridgehead atoms. The number of thiophene rings is 1. The largest absolute Gasteiger partial charge is 0.378 e. The maximum absolute atomic E-state index is 13.8. The van der Waals surface area contributed by atoms with Crippen molar-refractivity contribution in [3.63, 3.8) is 0 Å². The van der Waals surface area contributed by atoms with Gasteiger partial charge >= 0.3 is 6.03 Å². The molecule has 0 radical (unpaired) electrons. The van der Waals surface area contributed by atoms with Crippen LogP contribution in [-0.4, -0.2) is 77.6 Å². The van der Waals surface area contributed by atoms with Gasteiger partial charge in [-0.3, -0.25) is 19.9 Å². The standard InChI is InChI=1S/C31H39N7O4S/c1-19-22(20-7-8-25(34-17-20)37-11-13-42-14-12-37)15-21(18-33-19)35-29(41)36-26-23(16-24(43-26)30(2,3)4)27(39)38-10-9-32-28(40)31(38,5)6/h7-8,15-18H,9-14H2,1-6H3,(H,32,40)(H2,35,36,41). The highest BCUT2D eigenvalue weighted by Gasteiger charge is 2.42. The summed E-state index contributed by atoms with van der Waals surface area (Å²) in [6.07, 6.45) is 3.42. The number of carbonyl (C=O) groups is 3. The lowest BCUT2D eigenvalue weighted by molar-refractivity contribution is -0.133. The summed E-state index contributed by atoms with van der Waals surface area (Å²) >= 11 is 1.36. The Hall–Kier alpha value is -4.03. The van der Waals surface area contributed by atoms with E-state index in [-0.39, 0.29) is 17.2 Å². The number of nitrogens with one attached hydrogen (secondary N) is 3. The molecule has 0 spiro atoms. The molecule has 5 rings (SSSR count). The molecular formula is C31H39N7O4S. The number of ether oxygens (including phenoxy) is 1. The molecule has 2 aliphatic rings. The number of pyridine rings is 2. The average molecular weight is 606 g/mol. The Morgan fingerprint density at radius 2 is 1.79 bits per heavy atom. The van der Waals surface area contributed by atoms with Crippen LogP contribution in [0.25, 0.3) is 11.1 Å². The van der Waals surface area contributed by atoms with Gasteiger partial charge in [-0.15, -0.1) is 11.3 Å². The van der Waals surface area contributed by atoms with E-state index in [1.807, 2.05) is 37.4 Å². The molecular weight excluding hydrogens is 566 g/mol. The second kappa shape index (κ2) is 11.9. The van der Waals surface area contributed by atoms with Gasteiger partial charge in [0.2, 0.25) is 5.91 Å². The summed E-state index contributed by atoms with van der Waals surface area (Å²) in [5.41, 5.74) is 2.16. The number of aryl methyl sites for hydroxylation is 1. The minimum atomic E-state index is -1.02. The summed E-state index contributed by atoms with van der Waals surface area (Å²) in [6, 6.07) is 7.19. The molecule has 228 valence electrons. The third kappa shape index (κ3) is 6.50. The fourth-order valence-corrected chi connectivity index (χ4v) is 6.20. The molecule has 3 aromatic rings.